The minimum Gasteiger partial charge on any atom is -0.444 e. The van der Waals surface area contributed by atoms with Crippen molar-refractivity contribution in [2.24, 2.45) is 5.92 Å². The minimum atomic E-state index is -1.02. The Morgan fingerprint density at radius 2 is 1.67 bits per heavy atom. The van der Waals surface area contributed by atoms with Gasteiger partial charge in [-0.3, -0.25) is 9.59 Å². The molecule has 0 saturated carbocycles. The fourth-order valence-electron chi connectivity index (χ4n) is 3.82. The summed E-state index contributed by atoms with van der Waals surface area (Å²) in [6.07, 6.45) is 5.06. The first-order valence-corrected chi connectivity index (χ1v) is 12.1. The number of hydrogen-bond donors (Lipinski definition) is 2. The third-order valence-electron chi connectivity index (χ3n) is 5.60. The van der Waals surface area contributed by atoms with Crippen molar-refractivity contribution in [3.63, 3.8) is 0 Å². The van der Waals surface area contributed by atoms with E-state index >= 15 is 0 Å². The van der Waals surface area contributed by atoms with Crippen LogP contribution in [0.2, 0.25) is 0 Å². The van der Waals surface area contributed by atoms with Crippen LogP contribution in [-0.4, -0.2) is 41.0 Å². The van der Waals surface area contributed by atoms with Gasteiger partial charge in [-0.05, 0) is 63.8 Å². The number of nitrogens with one attached hydrogen (secondary N) is 2. The summed E-state index contributed by atoms with van der Waals surface area (Å²) in [5.74, 6) is 1.56. The third-order valence-corrected chi connectivity index (χ3v) is 5.60. The Labute approximate surface area is 214 Å². The molecule has 192 valence electrons. The Morgan fingerprint density at radius 3 is 2.22 bits per heavy atom. The van der Waals surface area contributed by atoms with E-state index in [1.54, 1.807) is 58.0 Å². The van der Waals surface area contributed by atoms with Gasteiger partial charge >= 0.3 is 6.09 Å². The standard InChI is InChI=1S/C29H37N3O4/c1-9-21-16-12-13-17-22(21)25(26(33)30-23-18-14-11-15-20(23)5)32(10-2)27(34)24(19(3)4)31-28(35)36-29(6,7)8/h1,11-19,24-25H,10H2,2-8H3,(H,30,33)(H,31,35). The topological polar surface area (TPSA) is 87.7 Å². The lowest BCUT2D eigenvalue weighted by atomic mass is 9.95. The van der Waals surface area contributed by atoms with Crippen molar-refractivity contribution in [1.29, 1.82) is 0 Å². The van der Waals surface area contributed by atoms with Crippen molar-refractivity contribution in [2.45, 2.75) is 66.2 Å². The number of nitrogens with zero attached hydrogens (tertiary/aromatic N) is 1. The number of para-hydroxylation sites is 1. The molecule has 0 bridgehead atoms. The summed E-state index contributed by atoms with van der Waals surface area (Å²) in [5, 5.41) is 5.65. The quantitative estimate of drug-likeness (QED) is 0.506. The van der Waals surface area contributed by atoms with Crippen molar-refractivity contribution in [2.75, 3.05) is 11.9 Å². The lowest BCUT2D eigenvalue weighted by Crippen LogP contribution is -2.54. The number of rotatable bonds is 8. The van der Waals surface area contributed by atoms with Crippen molar-refractivity contribution in [3.8, 4) is 12.3 Å². The van der Waals surface area contributed by atoms with Gasteiger partial charge in [0, 0.05) is 17.8 Å². The Kier molecular flexibility index (Phi) is 9.68. The molecule has 2 aromatic carbocycles. The normalized spacial score (nSPS) is 12.8. The molecular weight excluding hydrogens is 454 g/mol. The van der Waals surface area contributed by atoms with Gasteiger partial charge in [-0.15, -0.1) is 6.42 Å². The zero-order valence-electron chi connectivity index (χ0n) is 22.2. The monoisotopic (exact) mass is 491 g/mol. The van der Waals surface area contributed by atoms with Gasteiger partial charge in [-0.1, -0.05) is 56.2 Å². The maximum absolute atomic E-state index is 13.9. The lowest BCUT2D eigenvalue weighted by Gasteiger charge is -2.35. The van der Waals surface area contributed by atoms with Gasteiger partial charge in [0.2, 0.25) is 5.91 Å². The summed E-state index contributed by atoms with van der Waals surface area (Å²) in [4.78, 5) is 41.6. The molecule has 0 saturated heterocycles. The highest BCUT2D eigenvalue weighted by atomic mass is 16.6. The largest absolute Gasteiger partial charge is 0.444 e. The number of likely N-dealkylation sites (N-methyl/N-ethyl adjacent to an activating group) is 1. The maximum Gasteiger partial charge on any atom is 0.408 e. The predicted octanol–water partition coefficient (Wildman–Crippen LogP) is 5.05. The van der Waals surface area contributed by atoms with E-state index in [4.69, 9.17) is 11.2 Å². The van der Waals surface area contributed by atoms with Gasteiger partial charge in [-0.2, -0.15) is 0 Å². The van der Waals surface area contributed by atoms with E-state index in [0.717, 1.165) is 5.56 Å². The molecule has 0 spiro atoms. The Balaban J connectivity index is 2.51. The zero-order valence-corrected chi connectivity index (χ0v) is 22.2. The third kappa shape index (κ3) is 7.35. The predicted molar refractivity (Wildman–Crippen MR) is 142 cm³/mol. The fourth-order valence-corrected chi connectivity index (χ4v) is 3.82. The van der Waals surface area contributed by atoms with Crippen LogP contribution in [0, 0.1) is 25.2 Å². The van der Waals surface area contributed by atoms with Crippen LogP contribution in [0.15, 0.2) is 48.5 Å². The van der Waals surface area contributed by atoms with E-state index in [0.29, 0.717) is 16.8 Å². The molecule has 0 aromatic heterocycles. The highest BCUT2D eigenvalue weighted by molar-refractivity contribution is 5.99. The van der Waals surface area contributed by atoms with Gasteiger partial charge in [0.25, 0.3) is 5.91 Å². The molecule has 3 amide bonds. The summed E-state index contributed by atoms with van der Waals surface area (Å²) in [6, 6.07) is 12.5. The molecule has 7 nitrogen and oxygen atoms in total. The fraction of sp³-hybridized carbons (Fsp3) is 0.414. The second-order valence-corrected chi connectivity index (χ2v) is 9.93. The molecule has 0 aliphatic carbocycles. The number of amides is 3. The second kappa shape index (κ2) is 12.3. The van der Waals surface area contributed by atoms with E-state index in [-0.39, 0.29) is 12.5 Å². The van der Waals surface area contributed by atoms with E-state index < -0.39 is 35.6 Å². The summed E-state index contributed by atoms with van der Waals surface area (Å²) >= 11 is 0. The Hall–Kier alpha value is -3.79. The lowest BCUT2D eigenvalue weighted by molar-refractivity contribution is -0.141. The van der Waals surface area contributed by atoms with Gasteiger partial charge in [-0.25, -0.2) is 4.79 Å². The van der Waals surface area contributed by atoms with Crippen LogP contribution in [-0.2, 0) is 14.3 Å². The minimum absolute atomic E-state index is 0.211. The number of anilines is 1. The van der Waals surface area contributed by atoms with Crippen LogP contribution in [0.4, 0.5) is 10.5 Å². The number of carbonyl (C=O) groups excluding carboxylic acids is 3. The summed E-state index contributed by atoms with van der Waals surface area (Å²) in [5.41, 5.74) is 1.84. The molecule has 0 radical (unpaired) electrons. The average molecular weight is 492 g/mol. The zero-order chi connectivity index (χ0) is 27.0. The molecule has 0 aliphatic rings. The number of carbonyl (C=O) groups is 3. The first-order valence-electron chi connectivity index (χ1n) is 12.1. The van der Waals surface area contributed by atoms with Crippen molar-refractivity contribution >= 4 is 23.6 Å². The molecule has 0 fully saturated rings. The van der Waals surface area contributed by atoms with Gasteiger partial charge in [0.15, 0.2) is 0 Å². The van der Waals surface area contributed by atoms with Crippen molar-refractivity contribution in [1.82, 2.24) is 10.2 Å². The number of terminal acetylenes is 1. The molecule has 2 aromatic rings. The Bertz CT molecular complexity index is 1130. The molecule has 36 heavy (non-hydrogen) atoms. The van der Waals surface area contributed by atoms with Crippen molar-refractivity contribution in [3.05, 3.63) is 65.2 Å². The number of alkyl carbamates (subject to hydrolysis) is 1. The van der Waals surface area contributed by atoms with Gasteiger partial charge < -0.3 is 20.3 Å². The number of ether oxygens (including phenoxy) is 1. The number of benzene rings is 2. The molecule has 2 N–H and O–H groups in total. The molecule has 7 heteroatoms. The van der Waals surface area contributed by atoms with E-state index in [2.05, 4.69) is 16.6 Å². The molecule has 0 heterocycles. The van der Waals surface area contributed by atoms with E-state index in [9.17, 15) is 14.4 Å². The second-order valence-electron chi connectivity index (χ2n) is 9.93. The molecule has 2 rings (SSSR count). The smallest absolute Gasteiger partial charge is 0.408 e. The van der Waals surface area contributed by atoms with Gasteiger partial charge in [0.1, 0.15) is 17.7 Å². The maximum atomic E-state index is 13.9. The Morgan fingerprint density at radius 1 is 1.06 bits per heavy atom. The highest BCUT2D eigenvalue weighted by Gasteiger charge is 2.37. The van der Waals surface area contributed by atoms with Gasteiger partial charge in [0.05, 0.1) is 0 Å². The molecule has 2 unspecified atom stereocenters. The number of hydrogen-bond acceptors (Lipinski definition) is 4. The summed E-state index contributed by atoms with van der Waals surface area (Å²) in [6.45, 7) is 12.8. The van der Waals surface area contributed by atoms with E-state index in [1.807, 2.05) is 39.0 Å². The van der Waals surface area contributed by atoms with Crippen LogP contribution >= 0.6 is 0 Å². The molecular formula is C29H37N3O4. The van der Waals surface area contributed by atoms with Crippen LogP contribution in [0.3, 0.4) is 0 Å². The van der Waals surface area contributed by atoms with E-state index in [1.165, 1.54) is 4.90 Å². The molecule has 2 atom stereocenters. The molecule has 0 aliphatic heterocycles. The van der Waals surface area contributed by atoms with Crippen molar-refractivity contribution < 1.29 is 19.1 Å². The summed E-state index contributed by atoms with van der Waals surface area (Å²) < 4.78 is 5.38. The van der Waals surface area contributed by atoms with Crippen LogP contribution in [0.5, 0.6) is 0 Å². The average Bonchev–Trinajstić information content (AvgIpc) is 2.80. The first-order chi connectivity index (χ1) is 16.9. The first kappa shape index (κ1) is 28.4. The number of aryl methyl sites for hydroxylation is 1. The summed E-state index contributed by atoms with van der Waals surface area (Å²) in [7, 11) is 0. The van der Waals surface area contributed by atoms with Crippen LogP contribution in [0.1, 0.15) is 64.3 Å². The van der Waals surface area contributed by atoms with Crippen LogP contribution < -0.4 is 10.6 Å². The SMILES string of the molecule is C#Cc1ccccc1C(C(=O)Nc1ccccc1C)N(CC)C(=O)C(NC(=O)OC(C)(C)C)C(C)C. The van der Waals surface area contributed by atoms with Crippen LogP contribution in [0.25, 0.3) is 0 Å². The highest BCUT2D eigenvalue weighted by Crippen LogP contribution is 2.28.